The van der Waals surface area contributed by atoms with Gasteiger partial charge in [0.25, 0.3) is 0 Å². The highest BCUT2D eigenvalue weighted by atomic mass is 35.5. The molecular weight excluding hydrogens is 174 g/mol. The fourth-order valence-corrected chi connectivity index (χ4v) is 1.66. The molecule has 4 heteroatoms. The third kappa shape index (κ3) is 1.25. The van der Waals surface area contributed by atoms with Crippen LogP contribution in [0.25, 0.3) is 0 Å². The molecule has 1 aromatic rings. The van der Waals surface area contributed by atoms with E-state index in [4.69, 9.17) is 17.3 Å². The minimum Gasteiger partial charge on any atom is -0.382 e. The lowest BCUT2D eigenvalue weighted by Gasteiger charge is -2.25. The van der Waals surface area contributed by atoms with Crippen LogP contribution in [0, 0.1) is 0 Å². The molecule has 0 amide bonds. The van der Waals surface area contributed by atoms with E-state index in [1.807, 2.05) is 6.07 Å². The predicted molar refractivity (Wildman–Crippen MR) is 48.0 cm³/mol. The minimum absolute atomic E-state index is 0.460. The van der Waals surface area contributed by atoms with Crippen molar-refractivity contribution in [2.45, 2.75) is 25.2 Å². The highest BCUT2D eigenvalue weighted by molar-refractivity contribution is 6.30. The Balaban J connectivity index is 2.34. The highest BCUT2D eigenvalue weighted by Crippen LogP contribution is 2.39. The molecule has 2 N–H and O–H groups in total. The maximum absolute atomic E-state index is 5.87. The second-order valence-corrected chi connectivity index (χ2v) is 3.50. The lowest BCUT2D eigenvalue weighted by molar-refractivity contribution is 0.418. The second-order valence-electron chi connectivity index (χ2n) is 3.14. The Kier molecular flexibility index (Phi) is 1.89. The summed E-state index contributed by atoms with van der Waals surface area (Å²) in [7, 11) is 0. The molecule has 0 aliphatic heterocycles. The van der Waals surface area contributed by atoms with E-state index in [1.165, 1.54) is 19.3 Å². The SMILES string of the molecule is Nc1cc(C2CCC2)c(Cl)nn1. The molecule has 0 aromatic carbocycles. The van der Waals surface area contributed by atoms with Crippen LogP contribution >= 0.6 is 11.6 Å². The average Bonchev–Trinajstić information content (AvgIpc) is 1.93. The van der Waals surface area contributed by atoms with Crippen molar-refractivity contribution in [2.75, 3.05) is 5.73 Å². The van der Waals surface area contributed by atoms with Crippen LogP contribution in [0.4, 0.5) is 5.82 Å². The van der Waals surface area contributed by atoms with Crippen molar-refractivity contribution >= 4 is 17.4 Å². The van der Waals surface area contributed by atoms with E-state index in [-0.39, 0.29) is 0 Å². The molecule has 1 aromatic heterocycles. The van der Waals surface area contributed by atoms with E-state index in [9.17, 15) is 0 Å². The first-order valence-corrected chi connectivity index (χ1v) is 4.44. The number of nitrogens with two attached hydrogens (primary N) is 1. The monoisotopic (exact) mass is 183 g/mol. The number of rotatable bonds is 1. The van der Waals surface area contributed by atoms with Crippen LogP contribution in [0.2, 0.25) is 5.15 Å². The van der Waals surface area contributed by atoms with Gasteiger partial charge in [-0.15, -0.1) is 10.2 Å². The maximum atomic E-state index is 5.87. The summed E-state index contributed by atoms with van der Waals surface area (Å²) in [5.41, 5.74) is 6.58. The van der Waals surface area contributed by atoms with Crippen LogP contribution in [0.5, 0.6) is 0 Å². The number of nitrogens with zero attached hydrogens (tertiary/aromatic N) is 2. The van der Waals surface area contributed by atoms with E-state index in [1.54, 1.807) is 0 Å². The van der Waals surface area contributed by atoms with Crippen molar-refractivity contribution in [1.82, 2.24) is 10.2 Å². The van der Waals surface area contributed by atoms with Gasteiger partial charge >= 0.3 is 0 Å². The topological polar surface area (TPSA) is 51.8 Å². The lowest BCUT2D eigenvalue weighted by atomic mass is 9.81. The summed E-state index contributed by atoms with van der Waals surface area (Å²) < 4.78 is 0. The Morgan fingerprint density at radius 2 is 2.17 bits per heavy atom. The van der Waals surface area contributed by atoms with Gasteiger partial charge in [-0.1, -0.05) is 18.0 Å². The number of nitrogen functional groups attached to an aromatic ring is 1. The Labute approximate surface area is 75.9 Å². The molecule has 64 valence electrons. The quantitative estimate of drug-likeness (QED) is 0.725. The molecule has 1 aliphatic carbocycles. The van der Waals surface area contributed by atoms with Crippen molar-refractivity contribution < 1.29 is 0 Å². The molecule has 0 spiro atoms. The first-order valence-electron chi connectivity index (χ1n) is 4.06. The first-order chi connectivity index (χ1) is 5.77. The third-order valence-electron chi connectivity index (χ3n) is 2.34. The maximum Gasteiger partial charge on any atom is 0.155 e. The zero-order chi connectivity index (χ0) is 8.55. The fourth-order valence-electron chi connectivity index (χ4n) is 1.41. The molecule has 0 saturated heterocycles. The standard InChI is InChI=1S/C8H10ClN3/c9-8-6(5-2-1-3-5)4-7(10)11-12-8/h4-5H,1-3H2,(H2,10,11). The van der Waals surface area contributed by atoms with E-state index in [0.29, 0.717) is 16.9 Å². The Morgan fingerprint density at radius 1 is 1.42 bits per heavy atom. The van der Waals surface area contributed by atoms with Gasteiger partial charge in [0, 0.05) is 0 Å². The first kappa shape index (κ1) is 7.80. The lowest BCUT2D eigenvalue weighted by Crippen LogP contribution is -2.11. The summed E-state index contributed by atoms with van der Waals surface area (Å²) in [5.74, 6) is 1.02. The van der Waals surface area contributed by atoms with Crippen molar-refractivity contribution in [3.63, 3.8) is 0 Å². The second kappa shape index (κ2) is 2.90. The zero-order valence-corrected chi connectivity index (χ0v) is 7.38. The van der Waals surface area contributed by atoms with Crippen molar-refractivity contribution in [1.29, 1.82) is 0 Å². The number of aromatic nitrogens is 2. The molecule has 1 fully saturated rings. The van der Waals surface area contributed by atoms with Gasteiger partial charge in [0.05, 0.1) is 0 Å². The smallest absolute Gasteiger partial charge is 0.155 e. The Morgan fingerprint density at radius 3 is 2.75 bits per heavy atom. The van der Waals surface area contributed by atoms with Crippen molar-refractivity contribution in [2.24, 2.45) is 0 Å². The minimum atomic E-state index is 0.460. The van der Waals surface area contributed by atoms with Crippen molar-refractivity contribution in [3.8, 4) is 0 Å². The van der Waals surface area contributed by atoms with E-state index < -0.39 is 0 Å². The van der Waals surface area contributed by atoms with Crippen LogP contribution in [-0.2, 0) is 0 Å². The molecule has 1 aliphatic rings. The third-order valence-corrected chi connectivity index (χ3v) is 2.63. The summed E-state index contributed by atoms with van der Waals surface area (Å²) in [5, 5.41) is 7.96. The zero-order valence-electron chi connectivity index (χ0n) is 6.63. The van der Waals surface area contributed by atoms with E-state index in [0.717, 1.165) is 5.56 Å². The van der Waals surface area contributed by atoms with Gasteiger partial charge in [0.15, 0.2) is 5.15 Å². The average molecular weight is 184 g/mol. The Bertz CT molecular complexity index is 296. The van der Waals surface area contributed by atoms with Gasteiger partial charge in [-0.25, -0.2) is 0 Å². The van der Waals surface area contributed by atoms with E-state index in [2.05, 4.69) is 10.2 Å². The summed E-state index contributed by atoms with van der Waals surface area (Å²) in [6.07, 6.45) is 3.68. The molecule has 3 nitrogen and oxygen atoms in total. The molecule has 0 bridgehead atoms. The molecule has 12 heavy (non-hydrogen) atoms. The van der Waals surface area contributed by atoms with Gasteiger partial charge in [0.1, 0.15) is 5.82 Å². The number of anilines is 1. The normalized spacial score (nSPS) is 17.4. The van der Waals surface area contributed by atoms with Gasteiger partial charge in [-0.2, -0.15) is 0 Å². The summed E-state index contributed by atoms with van der Waals surface area (Å²) in [4.78, 5) is 0. The number of halogens is 1. The molecule has 2 rings (SSSR count). The molecular formula is C8H10ClN3. The van der Waals surface area contributed by atoms with E-state index >= 15 is 0 Å². The largest absolute Gasteiger partial charge is 0.382 e. The summed E-state index contributed by atoms with van der Waals surface area (Å²) in [6, 6.07) is 1.83. The molecule has 1 saturated carbocycles. The van der Waals surface area contributed by atoms with Crippen LogP contribution in [0.1, 0.15) is 30.7 Å². The number of hydrogen-bond acceptors (Lipinski definition) is 3. The van der Waals surface area contributed by atoms with Gasteiger partial charge in [-0.3, -0.25) is 0 Å². The summed E-state index contributed by atoms with van der Waals surface area (Å²) in [6.45, 7) is 0. The molecule has 0 unspecified atom stereocenters. The number of hydrogen-bond donors (Lipinski definition) is 1. The van der Waals surface area contributed by atoms with Crippen LogP contribution < -0.4 is 5.73 Å². The molecule has 1 heterocycles. The van der Waals surface area contributed by atoms with Crippen LogP contribution in [-0.4, -0.2) is 10.2 Å². The highest BCUT2D eigenvalue weighted by Gasteiger charge is 2.22. The van der Waals surface area contributed by atoms with Crippen LogP contribution in [0.3, 0.4) is 0 Å². The fraction of sp³-hybridized carbons (Fsp3) is 0.500. The summed E-state index contributed by atoms with van der Waals surface area (Å²) >= 11 is 5.87. The van der Waals surface area contributed by atoms with Gasteiger partial charge in [0.2, 0.25) is 0 Å². The predicted octanol–water partition coefficient (Wildman–Crippen LogP) is 1.98. The Hall–Kier alpha value is -0.830. The van der Waals surface area contributed by atoms with Gasteiger partial charge < -0.3 is 5.73 Å². The van der Waals surface area contributed by atoms with Gasteiger partial charge in [-0.05, 0) is 30.4 Å². The molecule has 0 radical (unpaired) electrons. The van der Waals surface area contributed by atoms with Crippen molar-refractivity contribution in [3.05, 3.63) is 16.8 Å². The molecule has 0 atom stereocenters. The van der Waals surface area contributed by atoms with Crippen LogP contribution in [0.15, 0.2) is 6.07 Å².